The maximum atomic E-state index is 2.61. The molecule has 0 radical (unpaired) electrons. The van der Waals surface area contributed by atoms with E-state index in [-0.39, 0.29) is 0 Å². The summed E-state index contributed by atoms with van der Waals surface area (Å²) in [7, 11) is 0. The predicted molar refractivity (Wildman–Crippen MR) is 187 cm³/mol. The van der Waals surface area contributed by atoms with Gasteiger partial charge in [0.1, 0.15) is 0 Å². The van der Waals surface area contributed by atoms with Crippen LogP contribution in [-0.2, 0) is 0 Å². The fraction of sp³-hybridized carbons (Fsp3) is 0.366. The maximum absolute atomic E-state index is 2.61. The lowest BCUT2D eigenvalue weighted by Crippen LogP contribution is -2.19. The van der Waals surface area contributed by atoms with Gasteiger partial charge in [-0.05, 0) is 198 Å². The maximum Gasteiger partial charge on any atom is 0.0529 e. The van der Waals surface area contributed by atoms with Gasteiger partial charge in [-0.25, -0.2) is 0 Å². The summed E-state index contributed by atoms with van der Waals surface area (Å²) in [4.78, 5) is 2.61. The van der Waals surface area contributed by atoms with Gasteiger partial charge >= 0.3 is 0 Å². The second-order valence-electron chi connectivity index (χ2n) is 13.3. The molecule has 1 heteroatoms. The average Bonchev–Trinajstić information content (AvgIpc) is 2.89. The van der Waals surface area contributed by atoms with E-state index < -0.39 is 0 Å². The molecule has 0 spiro atoms. The van der Waals surface area contributed by atoms with Crippen LogP contribution < -0.4 is 4.90 Å². The zero-order valence-electron chi connectivity index (χ0n) is 28.8. The number of nitrogens with zero attached hydrogens (tertiary/aromatic N) is 1. The standard InChI is InChI=1S/C41H49N/c1-20-16-22(3)39(23(4)17-20)42(40-24(5)18-21(2)19-25(40)6)41-33(14)32(13)38-36(34(41)15)31(12)30(11)35-28(9)26(7)27(8)29(10)37(35)38/h16-19H,1-15H3. The second kappa shape index (κ2) is 10.3. The Morgan fingerprint density at radius 2 is 0.571 bits per heavy atom. The molecule has 0 heterocycles. The van der Waals surface area contributed by atoms with Crippen LogP contribution in [0.1, 0.15) is 83.5 Å². The quantitative estimate of drug-likeness (QED) is 0.200. The molecule has 5 aromatic carbocycles. The van der Waals surface area contributed by atoms with Gasteiger partial charge in [0.2, 0.25) is 0 Å². The van der Waals surface area contributed by atoms with E-state index >= 15 is 0 Å². The smallest absolute Gasteiger partial charge is 0.0529 e. The molecule has 0 saturated carbocycles. The molecule has 0 bridgehead atoms. The topological polar surface area (TPSA) is 3.24 Å². The van der Waals surface area contributed by atoms with Crippen molar-refractivity contribution in [1.29, 1.82) is 0 Å². The highest BCUT2D eigenvalue weighted by atomic mass is 15.2. The van der Waals surface area contributed by atoms with Crippen molar-refractivity contribution in [2.45, 2.75) is 104 Å². The number of hydrogen-bond acceptors (Lipinski definition) is 1. The molecule has 0 aliphatic carbocycles. The third kappa shape index (κ3) is 4.19. The first-order valence-corrected chi connectivity index (χ1v) is 15.5. The third-order valence-corrected chi connectivity index (χ3v) is 10.5. The number of anilines is 3. The highest BCUT2D eigenvalue weighted by Crippen LogP contribution is 2.50. The summed E-state index contributed by atoms with van der Waals surface area (Å²) in [6.07, 6.45) is 0. The normalized spacial score (nSPS) is 11.7. The fourth-order valence-electron chi connectivity index (χ4n) is 8.11. The van der Waals surface area contributed by atoms with Crippen LogP contribution in [0, 0.1) is 104 Å². The number of rotatable bonds is 3. The highest BCUT2D eigenvalue weighted by Gasteiger charge is 2.28. The van der Waals surface area contributed by atoms with Crippen LogP contribution in [-0.4, -0.2) is 0 Å². The Balaban J connectivity index is 2.06. The minimum absolute atomic E-state index is 1.30. The predicted octanol–water partition coefficient (Wildman–Crippen LogP) is 12.1. The number of benzene rings is 5. The van der Waals surface area contributed by atoms with Gasteiger partial charge < -0.3 is 4.90 Å². The molecule has 0 aliphatic heterocycles. The van der Waals surface area contributed by atoms with Gasteiger partial charge in [0.15, 0.2) is 0 Å². The van der Waals surface area contributed by atoms with Crippen LogP contribution in [0.4, 0.5) is 17.1 Å². The zero-order chi connectivity index (χ0) is 31.1. The van der Waals surface area contributed by atoms with E-state index in [1.165, 1.54) is 122 Å². The Kier molecular flexibility index (Phi) is 7.33. The first-order chi connectivity index (χ1) is 19.6. The molecule has 0 unspecified atom stereocenters. The highest BCUT2D eigenvalue weighted by molar-refractivity contribution is 6.18. The lowest BCUT2D eigenvalue weighted by atomic mass is 9.80. The molecule has 0 atom stereocenters. The van der Waals surface area contributed by atoms with Crippen LogP contribution in [0.3, 0.4) is 0 Å². The van der Waals surface area contributed by atoms with Crippen molar-refractivity contribution in [1.82, 2.24) is 0 Å². The molecule has 218 valence electrons. The summed E-state index contributed by atoms with van der Waals surface area (Å²) in [6.45, 7) is 34.5. The Hall–Kier alpha value is -3.58. The van der Waals surface area contributed by atoms with Gasteiger partial charge in [-0.2, -0.15) is 0 Å². The van der Waals surface area contributed by atoms with E-state index in [1.807, 2.05) is 0 Å². The first kappa shape index (κ1) is 29.9. The molecule has 42 heavy (non-hydrogen) atoms. The molecule has 0 fully saturated rings. The van der Waals surface area contributed by atoms with Crippen LogP contribution in [0.25, 0.3) is 21.5 Å². The van der Waals surface area contributed by atoms with Crippen molar-refractivity contribution in [3.05, 3.63) is 108 Å². The summed E-state index contributed by atoms with van der Waals surface area (Å²) in [5.41, 5.74) is 24.4. The Morgan fingerprint density at radius 1 is 0.286 bits per heavy atom. The molecule has 1 nitrogen and oxygen atoms in total. The van der Waals surface area contributed by atoms with E-state index in [9.17, 15) is 0 Å². The molecule has 0 aliphatic rings. The van der Waals surface area contributed by atoms with Crippen LogP contribution in [0.5, 0.6) is 0 Å². The zero-order valence-corrected chi connectivity index (χ0v) is 28.8. The Labute approximate surface area is 254 Å². The minimum atomic E-state index is 1.30. The van der Waals surface area contributed by atoms with Gasteiger partial charge in [0, 0.05) is 0 Å². The van der Waals surface area contributed by atoms with Gasteiger partial charge in [-0.1, -0.05) is 35.4 Å². The largest absolute Gasteiger partial charge is 0.309 e. The summed E-state index contributed by atoms with van der Waals surface area (Å²) in [5, 5.41) is 5.74. The van der Waals surface area contributed by atoms with Gasteiger partial charge in [-0.3, -0.25) is 0 Å². The Bertz CT molecular complexity index is 1860. The SMILES string of the molecule is Cc1cc(C)c(N(c2c(C)cc(C)cc2C)c2c(C)c(C)c3c(c2C)c(C)c(C)c2c(C)c(C)c(C)c(C)c23)c(C)c1. The van der Waals surface area contributed by atoms with E-state index in [4.69, 9.17) is 0 Å². The van der Waals surface area contributed by atoms with Crippen molar-refractivity contribution >= 4 is 38.6 Å². The molecule has 5 rings (SSSR count). The summed E-state index contributed by atoms with van der Waals surface area (Å²) in [6, 6.07) is 9.36. The van der Waals surface area contributed by atoms with Crippen molar-refractivity contribution < 1.29 is 0 Å². The van der Waals surface area contributed by atoms with E-state index in [0.29, 0.717) is 0 Å². The molecule has 0 N–H and O–H groups in total. The first-order valence-electron chi connectivity index (χ1n) is 15.5. The third-order valence-electron chi connectivity index (χ3n) is 10.5. The van der Waals surface area contributed by atoms with Crippen molar-refractivity contribution in [2.24, 2.45) is 0 Å². The molecule has 0 saturated heterocycles. The van der Waals surface area contributed by atoms with Crippen LogP contribution >= 0.6 is 0 Å². The van der Waals surface area contributed by atoms with E-state index in [2.05, 4.69) is 133 Å². The van der Waals surface area contributed by atoms with Gasteiger partial charge in [-0.15, -0.1) is 0 Å². The Morgan fingerprint density at radius 3 is 0.952 bits per heavy atom. The molecular weight excluding hydrogens is 506 g/mol. The lowest BCUT2D eigenvalue weighted by Gasteiger charge is -2.36. The molecular formula is C41H49N. The van der Waals surface area contributed by atoms with Crippen molar-refractivity contribution in [2.75, 3.05) is 4.90 Å². The monoisotopic (exact) mass is 555 g/mol. The number of hydrogen-bond donors (Lipinski definition) is 0. The van der Waals surface area contributed by atoms with Crippen molar-refractivity contribution in [3.8, 4) is 0 Å². The van der Waals surface area contributed by atoms with Crippen LogP contribution in [0.15, 0.2) is 24.3 Å². The van der Waals surface area contributed by atoms with Gasteiger partial charge in [0.05, 0.1) is 17.1 Å². The van der Waals surface area contributed by atoms with Crippen LogP contribution in [0.2, 0.25) is 0 Å². The minimum Gasteiger partial charge on any atom is -0.309 e. The fourth-order valence-corrected chi connectivity index (χ4v) is 8.11. The number of fused-ring (bicyclic) bond motifs is 3. The molecule has 0 amide bonds. The second-order valence-corrected chi connectivity index (χ2v) is 13.3. The van der Waals surface area contributed by atoms with E-state index in [1.54, 1.807) is 0 Å². The summed E-state index contributed by atoms with van der Waals surface area (Å²) < 4.78 is 0. The van der Waals surface area contributed by atoms with Crippen molar-refractivity contribution in [3.63, 3.8) is 0 Å². The van der Waals surface area contributed by atoms with Gasteiger partial charge in [0.25, 0.3) is 0 Å². The molecule has 0 aromatic heterocycles. The van der Waals surface area contributed by atoms with E-state index in [0.717, 1.165) is 0 Å². The lowest BCUT2D eigenvalue weighted by molar-refractivity contribution is 1.14. The summed E-state index contributed by atoms with van der Waals surface area (Å²) >= 11 is 0. The average molecular weight is 556 g/mol. The summed E-state index contributed by atoms with van der Waals surface area (Å²) in [5.74, 6) is 0. The molecule has 5 aromatic rings. The number of aryl methyl sites for hydroxylation is 12.